The third kappa shape index (κ3) is 3.82. The van der Waals surface area contributed by atoms with E-state index in [1.165, 1.54) is 0 Å². The summed E-state index contributed by atoms with van der Waals surface area (Å²) in [5, 5.41) is 10.7. The average molecular weight is 313 g/mol. The molecule has 0 bridgehead atoms. The first-order valence-corrected chi connectivity index (χ1v) is 7.35. The predicted octanol–water partition coefficient (Wildman–Crippen LogP) is 3.00. The maximum Gasteiger partial charge on any atom is 0.313 e. The highest BCUT2D eigenvalue weighted by Gasteiger charge is 2.11. The second-order valence-corrected chi connectivity index (χ2v) is 5.33. The molecule has 1 aromatic heterocycles. The number of aromatic nitrogens is 2. The molecule has 0 spiro atoms. The van der Waals surface area contributed by atoms with Gasteiger partial charge in [-0.3, -0.25) is 4.79 Å². The minimum absolute atomic E-state index is 0.0628. The Bertz CT molecular complexity index is 636. The highest BCUT2D eigenvalue weighted by Crippen LogP contribution is 2.27. The van der Waals surface area contributed by atoms with Gasteiger partial charge in [0.05, 0.1) is 11.3 Å². The molecule has 0 amide bonds. The van der Waals surface area contributed by atoms with Gasteiger partial charge in [-0.2, -0.15) is 0 Å². The lowest BCUT2D eigenvalue weighted by Gasteiger charge is -2.08. The fourth-order valence-electron chi connectivity index (χ4n) is 1.62. The first-order chi connectivity index (χ1) is 9.60. The van der Waals surface area contributed by atoms with Crippen molar-refractivity contribution in [3.05, 3.63) is 29.0 Å². The lowest BCUT2D eigenvalue weighted by atomic mass is 10.2. The van der Waals surface area contributed by atoms with Gasteiger partial charge in [-0.15, -0.1) is 0 Å². The Labute approximate surface area is 125 Å². The number of benzene rings is 1. The molecule has 0 aliphatic carbocycles. The molecule has 2 aromatic rings. The van der Waals surface area contributed by atoms with E-state index in [0.717, 1.165) is 22.7 Å². The van der Waals surface area contributed by atoms with Crippen LogP contribution in [-0.2, 0) is 16.1 Å². The number of thioether (sulfide) groups is 1. The third-order valence-electron chi connectivity index (χ3n) is 2.44. The maximum atomic E-state index is 10.7. The van der Waals surface area contributed by atoms with Gasteiger partial charge in [0.1, 0.15) is 11.6 Å². The first kappa shape index (κ1) is 15.0. The monoisotopic (exact) mass is 312 g/mol. The molecule has 0 aliphatic heterocycles. The quantitative estimate of drug-likeness (QED) is 0.653. The van der Waals surface area contributed by atoms with E-state index in [9.17, 15) is 4.79 Å². The SMILES string of the molecule is CCOCc1nc(SCC(=O)O)c2cc(Cl)ccc2n1. The van der Waals surface area contributed by atoms with E-state index in [4.69, 9.17) is 21.4 Å². The van der Waals surface area contributed by atoms with Crippen LogP contribution in [0.15, 0.2) is 23.2 Å². The first-order valence-electron chi connectivity index (χ1n) is 5.98. The number of hydrogen-bond acceptors (Lipinski definition) is 5. The summed E-state index contributed by atoms with van der Waals surface area (Å²) in [4.78, 5) is 19.5. The van der Waals surface area contributed by atoms with Crippen molar-refractivity contribution in [2.75, 3.05) is 12.4 Å². The minimum atomic E-state index is -0.893. The Morgan fingerprint density at radius 1 is 1.45 bits per heavy atom. The molecule has 7 heteroatoms. The molecule has 2 rings (SSSR count). The van der Waals surface area contributed by atoms with Crippen molar-refractivity contribution in [3.63, 3.8) is 0 Å². The summed E-state index contributed by atoms with van der Waals surface area (Å²) < 4.78 is 5.30. The number of carboxylic acid groups (broad SMARTS) is 1. The lowest BCUT2D eigenvalue weighted by Crippen LogP contribution is -2.03. The van der Waals surface area contributed by atoms with Crippen molar-refractivity contribution in [2.24, 2.45) is 0 Å². The van der Waals surface area contributed by atoms with Crippen LogP contribution < -0.4 is 0 Å². The molecule has 0 aliphatic rings. The maximum absolute atomic E-state index is 10.7. The van der Waals surface area contributed by atoms with Crippen LogP contribution in [0.1, 0.15) is 12.7 Å². The van der Waals surface area contributed by atoms with Crippen LogP contribution in [0.2, 0.25) is 5.02 Å². The smallest absolute Gasteiger partial charge is 0.313 e. The zero-order valence-electron chi connectivity index (χ0n) is 10.8. The van der Waals surface area contributed by atoms with E-state index >= 15 is 0 Å². The summed E-state index contributed by atoms with van der Waals surface area (Å²) >= 11 is 7.12. The summed E-state index contributed by atoms with van der Waals surface area (Å²) in [5.74, 6) is -0.420. The summed E-state index contributed by atoms with van der Waals surface area (Å²) in [7, 11) is 0. The molecule has 1 heterocycles. The number of nitrogens with zero attached hydrogens (tertiary/aromatic N) is 2. The molecule has 0 radical (unpaired) electrons. The molecule has 20 heavy (non-hydrogen) atoms. The number of aliphatic carboxylic acids is 1. The van der Waals surface area contributed by atoms with Gasteiger partial charge in [0.15, 0.2) is 5.82 Å². The summed E-state index contributed by atoms with van der Waals surface area (Å²) in [6.45, 7) is 2.76. The van der Waals surface area contributed by atoms with Crippen molar-refractivity contribution < 1.29 is 14.6 Å². The molecule has 0 saturated carbocycles. The van der Waals surface area contributed by atoms with Crippen molar-refractivity contribution in [1.82, 2.24) is 9.97 Å². The number of carbonyl (C=O) groups is 1. The highest BCUT2D eigenvalue weighted by molar-refractivity contribution is 8.00. The summed E-state index contributed by atoms with van der Waals surface area (Å²) in [6.07, 6.45) is 0. The summed E-state index contributed by atoms with van der Waals surface area (Å²) in [5.41, 5.74) is 0.729. The van der Waals surface area contributed by atoms with Gasteiger partial charge in [-0.1, -0.05) is 23.4 Å². The van der Waals surface area contributed by atoms with Crippen LogP contribution in [0.5, 0.6) is 0 Å². The Morgan fingerprint density at radius 2 is 2.25 bits per heavy atom. The summed E-state index contributed by atoms with van der Waals surface area (Å²) in [6, 6.07) is 5.28. The zero-order chi connectivity index (χ0) is 14.5. The number of hydrogen-bond donors (Lipinski definition) is 1. The topological polar surface area (TPSA) is 72.3 Å². The van der Waals surface area contributed by atoms with Gasteiger partial charge >= 0.3 is 5.97 Å². The molecule has 106 valence electrons. The fourth-order valence-corrected chi connectivity index (χ4v) is 2.54. The fraction of sp³-hybridized carbons (Fsp3) is 0.308. The molecule has 0 atom stereocenters. The van der Waals surface area contributed by atoms with Crippen molar-refractivity contribution >= 4 is 40.2 Å². The second kappa shape index (κ2) is 6.88. The number of rotatable bonds is 6. The van der Waals surface area contributed by atoms with Gasteiger partial charge in [-0.25, -0.2) is 9.97 Å². The highest BCUT2D eigenvalue weighted by atomic mass is 35.5. The van der Waals surface area contributed by atoms with E-state index in [1.807, 2.05) is 6.92 Å². The van der Waals surface area contributed by atoms with E-state index in [1.54, 1.807) is 18.2 Å². The van der Waals surface area contributed by atoms with E-state index in [-0.39, 0.29) is 5.75 Å². The lowest BCUT2D eigenvalue weighted by molar-refractivity contribution is -0.133. The van der Waals surface area contributed by atoms with Gasteiger partial charge in [0.25, 0.3) is 0 Å². The molecular formula is C13H13ClN2O3S. The molecule has 1 N–H and O–H groups in total. The minimum Gasteiger partial charge on any atom is -0.481 e. The number of ether oxygens (including phenoxy) is 1. The third-order valence-corrected chi connectivity index (χ3v) is 3.65. The van der Waals surface area contributed by atoms with Crippen LogP contribution in [0.4, 0.5) is 0 Å². The van der Waals surface area contributed by atoms with E-state index in [0.29, 0.717) is 29.1 Å². The Balaban J connectivity index is 2.42. The normalized spacial score (nSPS) is 10.9. The van der Waals surface area contributed by atoms with E-state index < -0.39 is 5.97 Å². The van der Waals surface area contributed by atoms with Crippen molar-refractivity contribution in [1.29, 1.82) is 0 Å². The van der Waals surface area contributed by atoms with Gasteiger partial charge < -0.3 is 9.84 Å². The Hall–Kier alpha value is -1.37. The molecule has 0 saturated heterocycles. The standard InChI is InChI=1S/C13H13ClN2O3S/c1-2-19-6-11-15-10-4-3-8(14)5-9(10)13(16-11)20-7-12(17)18/h3-5H,2,6-7H2,1H3,(H,17,18). The zero-order valence-corrected chi connectivity index (χ0v) is 12.4. The Kier molecular flexibility index (Phi) is 5.17. The molecule has 0 fully saturated rings. The van der Waals surface area contributed by atoms with Crippen LogP contribution in [0.25, 0.3) is 10.9 Å². The van der Waals surface area contributed by atoms with Crippen LogP contribution in [0.3, 0.4) is 0 Å². The van der Waals surface area contributed by atoms with Crippen LogP contribution >= 0.6 is 23.4 Å². The van der Waals surface area contributed by atoms with Crippen LogP contribution in [0, 0.1) is 0 Å². The van der Waals surface area contributed by atoms with Crippen molar-refractivity contribution in [2.45, 2.75) is 18.6 Å². The van der Waals surface area contributed by atoms with Gasteiger partial charge in [-0.05, 0) is 25.1 Å². The largest absolute Gasteiger partial charge is 0.481 e. The average Bonchev–Trinajstić information content (AvgIpc) is 2.42. The number of fused-ring (bicyclic) bond motifs is 1. The number of carboxylic acids is 1. The second-order valence-electron chi connectivity index (χ2n) is 3.93. The predicted molar refractivity (Wildman–Crippen MR) is 78.2 cm³/mol. The van der Waals surface area contributed by atoms with Gasteiger partial charge in [0.2, 0.25) is 0 Å². The van der Waals surface area contributed by atoms with Gasteiger partial charge in [0, 0.05) is 17.0 Å². The van der Waals surface area contributed by atoms with Crippen LogP contribution in [-0.4, -0.2) is 33.4 Å². The molecule has 1 aromatic carbocycles. The Morgan fingerprint density at radius 3 is 2.95 bits per heavy atom. The van der Waals surface area contributed by atoms with Crippen molar-refractivity contribution in [3.8, 4) is 0 Å². The van der Waals surface area contributed by atoms with E-state index in [2.05, 4.69) is 9.97 Å². The molecular weight excluding hydrogens is 300 g/mol. The number of halogens is 1. The molecule has 5 nitrogen and oxygen atoms in total. The molecule has 0 unspecified atom stereocenters.